The molecule has 98 valence electrons. The third-order valence-corrected chi connectivity index (χ3v) is 3.30. The van der Waals surface area contributed by atoms with Crippen LogP contribution in [-0.2, 0) is 9.59 Å². The first-order valence-corrected chi connectivity index (χ1v) is 6.34. The number of aliphatic carboxylic acids is 1. The van der Waals surface area contributed by atoms with E-state index in [1.54, 1.807) is 0 Å². The minimum atomic E-state index is -0.916. The van der Waals surface area contributed by atoms with Crippen LogP contribution in [0.3, 0.4) is 0 Å². The van der Waals surface area contributed by atoms with Crippen LogP contribution in [0, 0.1) is 5.92 Å². The Balaban J connectivity index is 2.16. The van der Waals surface area contributed by atoms with Crippen molar-refractivity contribution in [3.8, 4) is 0 Å². The van der Waals surface area contributed by atoms with Crippen LogP contribution in [0.15, 0.2) is 0 Å². The molecule has 5 nitrogen and oxygen atoms in total. The van der Waals surface area contributed by atoms with Crippen molar-refractivity contribution < 1.29 is 14.7 Å². The van der Waals surface area contributed by atoms with Crippen molar-refractivity contribution in [2.75, 3.05) is 6.54 Å². The van der Waals surface area contributed by atoms with Crippen LogP contribution in [0.2, 0.25) is 0 Å². The first kappa shape index (κ1) is 14.0. The number of rotatable bonds is 6. The van der Waals surface area contributed by atoms with E-state index in [2.05, 4.69) is 5.32 Å². The van der Waals surface area contributed by atoms with E-state index >= 15 is 0 Å². The second-order valence-corrected chi connectivity index (χ2v) is 4.79. The predicted octanol–water partition coefficient (Wildman–Crippen LogP) is 0.875. The highest BCUT2D eigenvalue weighted by atomic mass is 16.4. The first-order valence-electron chi connectivity index (χ1n) is 6.34. The molecule has 1 amide bonds. The van der Waals surface area contributed by atoms with Crippen molar-refractivity contribution >= 4 is 11.9 Å². The summed E-state index contributed by atoms with van der Waals surface area (Å²) in [7, 11) is 0. The van der Waals surface area contributed by atoms with E-state index in [4.69, 9.17) is 10.8 Å². The molecule has 0 bridgehead atoms. The summed E-state index contributed by atoms with van der Waals surface area (Å²) in [5, 5.41) is 11.3. The molecule has 0 saturated heterocycles. The van der Waals surface area contributed by atoms with Crippen molar-refractivity contribution in [2.24, 2.45) is 11.7 Å². The van der Waals surface area contributed by atoms with Crippen LogP contribution in [0.1, 0.15) is 44.9 Å². The molecule has 1 aliphatic carbocycles. The van der Waals surface area contributed by atoms with Gasteiger partial charge in [-0.25, -0.2) is 0 Å². The third-order valence-electron chi connectivity index (χ3n) is 3.30. The Morgan fingerprint density at radius 3 is 2.53 bits per heavy atom. The summed E-state index contributed by atoms with van der Waals surface area (Å²) in [6, 6.07) is -0.699. The number of carbonyl (C=O) groups is 2. The van der Waals surface area contributed by atoms with Gasteiger partial charge in [-0.05, 0) is 25.2 Å². The highest BCUT2D eigenvalue weighted by Gasteiger charge is 2.18. The molecule has 5 heteroatoms. The van der Waals surface area contributed by atoms with E-state index in [1.807, 2.05) is 0 Å². The molecule has 4 N–H and O–H groups in total. The Kier molecular flexibility index (Phi) is 5.97. The summed E-state index contributed by atoms with van der Waals surface area (Å²) in [4.78, 5) is 21.9. The maximum Gasteiger partial charge on any atom is 0.303 e. The lowest BCUT2D eigenvalue weighted by molar-refractivity contribution is -0.137. The van der Waals surface area contributed by atoms with Crippen molar-refractivity contribution in [1.82, 2.24) is 5.32 Å². The average molecular weight is 242 g/mol. The molecular formula is C12H22N2O3. The van der Waals surface area contributed by atoms with Gasteiger partial charge in [-0.2, -0.15) is 0 Å². The van der Waals surface area contributed by atoms with Crippen LogP contribution in [-0.4, -0.2) is 29.6 Å². The molecule has 1 atom stereocenters. The summed E-state index contributed by atoms with van der Waals surface area (Å²) >= 11 is 0. The number of carboxylic acids is 1. The topological polar surface area (TPSA) is 92.4 Å². The van der Waals surface area contributed by atoms with Gasteiger partial charge in [0.2, 0.25) is 5.91 Å². The zero-order chi connectivity index (χ0) is 12.7. The fraction of sp³-hybridized carbons (Fsp3) is 0.833. The van der Waals surface area contributed by atoms with Crippen molar-refractivity contribution in [2.45, 2.75) is 51.0 Å². The molecule has 1 fully saturated rings. The van der Waals surface area contributed by atoms with Gasteiger partial charge < -0.3 is 16.2 Å². The molecule has 0 aromatic heterocycles. The fourth-order valence-corrected chi connectivity index (χ4v) is 2.18. The monoisotopic (exact) mass is 242 g/mol. The van der Waals surface area contributed by atoms with Crippen molar-refractivity contribution in [3.05, 3.63) is 0 Å². The van der Waals surface area contributed by atoms with Crippen molar-refractivity contribution in [3.63, 3.8) is 0 Å². The molecule has 0 aliphatic heterocycles. The van der Waals surface area contributed by atoms with E-state index in [-0.39, 0.29) is 18.7 Å². The molecule has 0 heterocycles. The standard InChI is InChI=1S/C12H22N2O3/c13-10(6-7-11(15)16)12(17)14-8-9-4-2-1-3-5-9/h9-10H,1-8,13H2,(H,14,17)(H,15,16). The number of nitrogens with one attached hydrogen (secondary N) is 1. The predicted molar refractivity (Wildman–Crippen MR) is 64.4 cm³/mol. The van der Waals surface area contributed by atoms with Gasteiger partial charge in [0.1, 0.15) is 0 Å². The number of hydrogen-bond acceptors (Lipinski definition) is 3. The van der Waals surface area contributed by atoms with Gasteiger partial charge in [-0.15, -0.1) is 0 Å². The van der Waals surface area contributed by atoms with E-state index in [0.717, 1.165) is 0 Å². The normalized spacial score (nSPS) is 18.6. The number of nitrogens with two attached hydrogens (primary N) is 1. The summed E-state index contributed by atoms with van der Waals surface area (Å²) in [6.07, 6.45) is 6.26. The summed E-state index contributed by atoms with van der Waals surface area (Å²) in [5.41, 5.74) is 5.61. The smallest absolute Gasteiger partial charge is 0.303 e. The third kappa shape index (κ3) is 5.68. The Morgan fingerprint density at radius 1 is 1.29 bits per heavy atom. The molecule has 1 saturated carbocycles. The highest BCUT2D eigenvalue weighted by molar-refractivity contribution is 5.82. The molecule has 0 aromatic rings. The molecule has 17 heavy (non-hydrogen) atoms. The summed E-state index contributed by atoms with van der Waals surface area (Å²) in [6.45, 7) is 0.680. The fourth-order valence-electron chi connectivity index (χ4n) is 2.18. The van der Waals surface area contributed by atoms with E-state index in [9.17, 15) is 9.59 Å². The zero-order valence-electron chi connectivity index (χ0n) is 10.2. The quantitative estimate of drug-likeness (QED) is 0.644. The molecular weight excluding hydrogens is 220 g/mol. The largest absolute Gasteiger partial charge is 0.481 e. The zero-order valence-corrected chi connectivity index (χ0v) is 10.2. The number of amides is 1. The van der Waals surface area contributed by atoms with Gasteiger partial charge in [0.25, 0.3) is 0 Å². The lowest BCUT2D eigenvalue weighted by atomic mass is 9.89. The van der Waals surface area contributed by atoms with E-state index in [1.165, 1.54) is 32.1 Å². The highest BCUT2D eigenvalue weighted by Crippen LogP contribution is 2.22. The summed E-state index contributed by atoms with van der Waals surface area (Å²) < 4.78 is 0. The minimum absolute atomic E-state index is 0.0575. The molecule has 1 aliphatic rings. The molecule has 1 unspecified atom stereocenters. The van der Waals surface area contributed by atoms with Gasteiger partial charge >= 0.3 is 5.97 Å². The minimum Gasteiger partial charge on any atom is -0.481 e. The lowest BCUT2D eigenvalue weighted by Gasteiger charge is -2.22. The summed E-state index contributed by atoms with van der Waals surface area (Å²) in [5.74, 6) is -0.572. The Labute approximate surface area is 102 Å². The van der Waals surface area contributed by atoms with E-state index in [0.29, 0.717) is 12.5 Å². The second-order valence-electron chi connectivity index (χ2n) is 4.79. The van der Waals surface area contributed by atoms with Gasteiger partial charge in [-0.1, -0.05) is 19.3 Å². The Morgan fingerprint density at radius 2 is 1.94 bits per heavy atom. The van der Waals surface area contributed by atoms with Crippen LogP contribution in [0.4, 0.5) is 0 Å². The maximum atomic E-state index is 11.6. The molecule has 0 radical (unpaired) electrons. The second kappa shape index (κ2) is 7.27. The van der Waals surface area contributed by atoms with Crippen LogP contribution in [0.5, 0.6) is 0 Å². The maximum absolute atomic E-state index is 11.6. The van der Waals surface area contributed by atoms with Crippen molar-refractivity contribution in [1.29, 1.82) is 0 Å². The van der Waals surface area contributed by atoms with Gasteiger partial charge in [0.15, 0.2) is 0 Å². The van der Waals surface area contributed by atoms with E-state index < -0.39 is 12.0 Å². The molecule has 0 aromatic carbocycles. The van der Waals surface area contributed by atoms with Gasteiger partial charge in [0.05, 0.1) is 6.04 Å². The average Bonchev–Trinajstić information content (AvgIpc) is 2.34. The van der Waals surface area contributed by atoms with Gasteiger partial charge in [0, 0.05) is 13.0 Å². The number of carboxylic acid groups (broad SMARTS) is 1. The van der Waals surface area contributed by atoms with Crippen LogP contribution in [0.25, 0.3) is 0 Å². The Bertz CT molecular complexity index is 262. The molecule has 1 rings (SSSR count). The lowest BCUT2D eigenvalue weighted by Crippen LogP contribution is -2.42. The molecule has 0 spiro atoms. The number of carbonyl (C=O) groups excluding carboxylic acids is 1. The van der Waals surface area contributed by atoms with Gasteiger partial charge in [-0.3, -0.25) is 9.59 Å². The first-order chi connectivity index (χ1) is 8.09. The Hall–Kier alpha value is -1.10. The SMILES string of the molecule is NC(CCC(=O)O)C(=O)NCC1CCCCC1. The van der Waals surface area contributed by atoms with Crippen LogP contribution < -0.4 is 11.1 Å². The number of hydrogen-bond donors (Lipinski definition) is 3. The van der Waals surface area contributed by atoms with Crippen LogP contribution >= 0.6 is 0 Å².